The average molecular weight is 391 g/mol. The number of methoxy groups -OCH3 is 1. The van der Waals surface area contributed by atoms with Gasteiger partial charge in [-0.2, -0.15) is 0 Å². The lowest BCUT2D eigenvalue weighted by atomic mass is 9.96. The number of nitrogens with zero attached hydrogens (tertiary/aromatic N) is 2. The van der Waals surface area contributed by atoms with E-state index >= 15 is 0 Å². The molecule has 0 bridgehead atoms. The van der Waals surface area contributed by atoms with E-state index in [4.69, 9.17) is 4.74 Å². The Balaban J connectivity index is 1.52. The summed E-state index contributed by atoms with van der Waals surface area (Å²) in [6.45, 7) is 2.48. The van der Waals surface area contributed by atoms with E-state index in [1.165, 1.54) is 0 Å². The molecule has 0 aliphatic heterocycles. The maximum atomic E-state index is 13.0. The van der Waals surface area contributed by atoms with Crippen LogP contribution in [0.5, 0.6) is 5.75 Å². The second kappa shape index (κ2) is 7.60. The van der Waals surface area contributed by atoms with E-state index in [1.54, 1.807) is 23.3 Å². The lowest BCUT2D eigenvalue weighted by Gasteiger charge is -2.21. The summed E-state index contributed by atoms with van der Waals surface area (Å²) in [6, 6.07) is 20.2. The van der Waals surface area contributed by atoms with E-state index in [0.717, 1.165) is 37.3 Å². The van der Waals surface area contributed by atoms with Gasteiger partial charge in [0.15, 0.2) is 0 Å². The first-order valence-corrected chi connectivity index (χ1v) is 10.0. The predicted molar refractivity (Wildman–Crippen MR) is 115 cm³/mol. The van der Waals surface area contributed by atoms with Crippen LogP contribution < -0.4 is 4.74 Å². The highest BCUT2D eigenvalue weighted by molar-refractivity contribution is 7.18. The molecule has 0 radical (unpaired) electrons. The molecule has 1 amide bonds. The van der Waals surface area contributed by atoms with Crippen molar-refractivity contribution in [2.24, 2.45) is 0 Å². The van der Waals surface area contributed by atoms with Gasteiger partial charge in [-0.05, 0) is 47.5 Å². The number of para-hydroxylation sites is 1. The fourth-order valence-electron chi connectivity index (χ4n) is 3.38. The lowest BCUT2D eigenvalue weighted by Crippen LogP contribution is -2.30. The summed E-state index contributed by atoms with van der Waals surface area (Å²) < 4.78 is 6.43. The van der Waals surface area contributed by atoms with Gasteiger partial charge in [0, 0.05) is 7.05 Å². The first kappa shape index (κ1) is 18.4. The van der Waals surface area contributed by atoms with Crippen molar-refractivity contribution in [2.75, 3.05) is 14.2 Å². The molecule has 0 unspecified atom stereocenters. The van der Waals surface area contributed by atoms with Crippen LogP contribution in [0.1, 0.15) is 23.4 Å². The number of hydrogen-bond acceptors (Lipinski definition) is 4. The highest BCUT2D eigenvalue weighted by atomic mass is 32.1. The van der Waals surface area contributed by atoms with Crippen molar-refractivity contribution in [3.8, 4) is 5.75 Å². The first-order valence-electron chi connectivity index (χ1n) is 9.22. The molecule has 1 atom stereocenters. The minimum atomic E-state index is -0.217. The number of amides is 1. The van der Waals surface area contributed by atoms with Crippen molar-refractivity contribution >= 4 is 38.2 Å². The summed E-state index contributed by atoms with van der Waals surface area (Å²) in [7, 11) is 3.51. The van der Waals surface area contributed by atoms with Gasteiger partial charge >= 0.3 is 0 Å². The normalized spacial score (nSPS) is 12.2. The molecule has 4 nitrogen and oxygen atoms in total. The molecule has 0 saturated carbocycles. The standard InChI is InChI=1S/C23H22N2O2S/c1-15(16-8-9-18-13-19(27-3)11-10-17(18)12-16)23(26)25(2)14-22-24-20-6-4-5-7-21(20)28-22/h4-13,15H,14H2,1-3H3/t15-/m1/s1. The highest BCUT2D eigenvalue weighted by Crippen LogP contribution is 2.27. The van der Waals surface area contributed by atoms with Crippen LogP contribution in [0.2, 0.25) is 0 Å². The van der Waals surface area contributed by atoms with Gasteiger partial charge in [-0.25, -0.2) is 4.98 Å². The SMILES string of the molecule is COc1ccc2cc([C@@H](C)C(=O)N(C)Cc3nc4ccccc4s3)ccc2c1. The van der Waals surface area contributed by atoms with Crippen LogP contribution >= 0.6 is 11.3 Å². The molecule has 4 aromatic rings. The van der Waals surface area contributed by atoms with Crippen molar-refractivity contribution in [1.29, 1.82) is 0 Å². The highest BCUT2D eigenvalue weighted by Gasteiger charge is 2.20. The van der Waals surface area contributed by atoms with Crippen LogP contribution in [0, 0.1) is 0 Å². The van der Waals surface area contributed by atoms with E-state index in [9.17, 15) is 4.79 Å². The van der Waals surface area contributed by atoms with Crippen molar-refractivity contribution in [1.82, 2.24) is 9.88 Å². The number of ether oxygens (including phenoxy) is 1. The molecule has 0 aliphatic rings. The Kier molecular flexibility index (Phi) is 5.01. The van der Waals surface area contributed by atoms with Gasteiger partial charge in [0.05, 0.1) is 29.8 Å². The van der Waals surface area contributed by atoms with Gasteiger partial charge in [0.25, 0.3) is 0 Å². The summed E-state index contributed by atoms with van der Waals surface area (Å²) in [6.07, 6.45) is 0. The molecule has 1 aromatic heterocycles. The zero-order valence-electron chi connectivity index (χ0n) is 16.2. The first-order chi connectivity index (χ1) is 13.5. The number of rotatable bonds is 5. The molecule has 0 spiro atoms. The van der Waals surface area contributed by atoms with Crippen LogP contribution in [0.25, 0.3) is 21.0 Å². The monoisotopic (exact) mass is 390 g/mol. The maximum absolute atomic E-state index is 13.0. The molecule has 0 saturated heterocycles. The zero-order chi connectivity index (χ0) is 19.7. The Bertz CT molecular complexity index is 1120. The second-order valence-corrected chi connectivity index (χ2v) is 8.08. The predicted octanol–water partition coefficient (Wildman–Crippen LogP) is 5.22. The van der Waals surface area contributed by atoms with Crippen LogP contribution in [0.3, 0.4) is 0 Å². The molecule has 0 fully saturated rings. The summed E-state index contributed by atoms with van der Waals surface area (Å²) in [4.78, 5) is 19.4. The second-order valence-electron chi connectivity index (χ2n) is 6.96. The smallest absolute Gasteiger partial charge is 0.229 e. The fourth-order valence-corrected chi connectivity index (χ4v) is 4.40. The minimum absolute atomic E-state index is 0.0899. The molecule has 1 heterocycles. The van der Waals surface area contributed by atoms with Gasteiger partial charge in [0.1, 0.15) is 10.8 Å². The zero-order valence-corrected chi connectivity index (χ0v) is 17.0. The molecule has 28 heavy (non-hydrogen) atoms. The molecule has 0 aliphatic carbocycles. The third kappa shape index (κ3) is 3.58. The number of fused-ring (bicyclic) bond motifs is 2. The summed E-state index contributed by atoms with van der Waals surface area (Å²) in [5.41, 5.74) is 2.00. The van der Waals surface area contributed by atoms with Gasteiger partial charge in [-0.1, -0.05) is 36.4 Å². The van der Waals surface area contributed by atoms with Crippen LogP contribution in [0.15, 0.2) is 60.7 Å². The van der Waals surface area contributed by atoms with Gasteiger partial charge in [-0.3, -0.25) is 4.79 Å². The van der Waals surface area contributed by atoms with Crippen molar-refractivity contribution in [3.63, 3.8) is 0 Å². The maximum Gasteiger partial charge on any atom is 0.229 e. The number of benzene rings is 3. The van der Waals surface area contributed by atoms with E-state index in [2.05, 4.69) is 17.1 Å². The summed E-state index contributed by atoms with van der Waals surface area (Å²) in [5, 5.41) is 3.16. The third-order valence-electron chi connectivity index (χ3n) is 5.03. The van der Waals surface area contributed by atoms with E-state index in [1.807, 2.05) is 62.5 Å². The minimum Gasteiger partial charge on any atom is -0.497 e. The summed E-state index contributed by atoms with van der Waals surface area (Å²) in [5.74, 6) is 0.706. The van der Waals surface area contributed by atoms with E-state index in [0.29, 0.717) is 6.54 Å². The van der Waals surface area contributed by atoms with E-state index < -0.39 is 0 Å². The number of carbonyl (C=O) groups excluding carboxylic acids is 1. The molecular weight excluding hydrogens is 368 g/mol. The quantitative estimate of drug-likeness (QED) is 0.469. The topological polar surface area (TPSA) is 42.4 Å². The van der Waals surface area contributed by atoms with Gasteiger partial charge in [-0.15, -0.1) is 11.3 Å². The molecule has 3 aromatic carbocycles. The molecule has 4 rings (SSSR count). The van der Waals surface area contributed by atoms with Crippen molar-refractivity contribution < 1.29 is 9.53 Å². The summed E-state index contributed by atoms with van der Waals surface area (Å²) >= 11 is 1.64. The average Bonchev–Trinajstić information content (AvgIpc) is 3.14. The number of thiazole rings is 1. The Morgan fingerprint density at radius 3 is 2.64 bits per heavy atom. The number of hydrogen-bond donors (Lipinski definition) is 0. The molecular formula is C23H22N2O2S. The third-order valence-corrected chi connectivity index (χ3v) is 6.05. The Morgan fingerprint density at radius 1 is 1.11 bits per heavy atom. The Labute approximate surface area is 168 Å². The number of aromatic nitrogens is 1. The number of carbonyl (C=O) groups is 1. The fraction of sp³-hybridized carbons (Fsp3) is 0.217. The molecule has 142 valence electrons. The van der Waals surface area contributed by atoms with E-state index in [-0.39, 0.29) is 11.8 Å². The van der Waals surface area contributed by atoms with Crippen molar-refractivity contribution in [2.45, 2.75) is 19.4 Å². The Morgan fingerprint density at radius 2 is 1.86 bits per heavy atom. The van der Waals surface area contributed by atoms with Crippen molar-refractivity contribution in [3.05, 3.63) is 71.2 Å². The lowest BCUT2D eigenvalue weighted by molar-refractivity contribution is -0.131. The largest absolute Gasteiger partial charge is 0.497 e. The molecule has 5 heteroatoms. The van der Waals surface area contributed by atoms with Gasteiger partial charge in [0.2, 0.25) is 5.91 Å². The van der Waals surface area contributed by atoms with Crippen LogP contribution in [-0.2, 0) is 11.3 Å². The van der Waals surface area contributed by atoms with Crippen LogP contribution in [-0.4, -0.2) is 29.9 Å². The molecule has 0 N–H and O–H groups in total. The number of likely N-dealkylation sites (N-methyl/N-ethyl adjacent to an activating group) is 1. The Hall–Kier alpha value is -2.92. The van der Waals surface area contributed by atoms with Gasteiger partial charge < -0.3 is 9.64 Å². The van der Waals surface area contributed by atoms with Crippen LogP contribution in [0.4, 0.5) is 0 Å².